The molecule has 2 atom stereocenters. The van der Waals surface area contributed by atoms with Gasteiger partial charge in [-0.3, -0.25) is 9.59 Å². The highest BCUT2D eigenvalue weighted by Gasteiger charge is 2.23. The molecule has 1 aromatic heterocycles. The lowest BCUT2D eigenvalue weighted by Crippen LogP contribution is -2.41. The van der Waals surface area contributed by atoms with Crippen molar-refractivity contribution in [3.63, 3.8) is 0 Å². The van der Waals surface area contributed by atoms with E-state index in [2.05, 4.69) is 22.4 Å². The summed E-state index contributed by atoms with van der Waals surface area (Å²) in [4.78, 5) is 22.9. The molecule has 1 aliphatic carbocycles. The Morgan fingerprint density at radius 2 is 2.09 bits per heavy atom. The van der Waals surface area contributed by atoms with E-state index < -0.39 is 0 Å². The third-order valence-corrected chi connectivity index (χ3v) is 5.33. The number of hydrogen-bond acceptors (Lipinski definition) is 5. The molecule has 0 spiro atoms. The topological polar surface area (TPSA) is 103 Å². The quantitative estimate of drug-likeness (QED) is 0.722. The lowest BCUT2D eigenvalue weighted by Gasteiger charge is -2.29. The van der Waals surface area contributed by atoms with Crippen LogP contribution in [0.3, 0.4) is 0 Å². The zero-order chi connectivity index (χ0) is 16.8. The van der Waals surface area contributed by atoms with E-state index in [4.69, 9.17) is 5.73 Å². The Kier molecular flexibility index (Phi) is 6.44. The van der Waals surface area contributed by atoms with Crippen LogP contribution in [0, 0.1) is 5.92 Å². The summed E-state index contributed by atoms with van der Waals surface area (Å²) in [6, 6.07) is 0.294. The maximum absolute atomic E-state index is 12.1. The minimum absolute atomic E-state index is 0.0374. The van der Waals surface area contributed by atoms with Crippen molar-refractivity contribution in [3.05, 3.63) is 5.82 Å². The molecule has 1 saturated carbocycles. The van der Waals surface area contributed by atoms with E-state index in [9.17, 15) is 9.59 Å². The van der Waals surface area contributed by atoms with Gasteiger partial charge in [0.05, 0.1) is 5.75 Å². The van der Waals surface area contributed by atoms with E-state index in [-0.39, 0.29) is 18.2 Å². The SMILES string of the molecule is C[C@H]1CCCC[C@H]1NC(=O)CSc1nnc(CCC(N)=O)n1C. The predicted octanol–water partition coefficient (Wildman–Crippen LogP) is 1.02. The van der Waals surface area contributed by atoms with Crippen molar-refractivity contribution in [2.45, 2.75) is 56.6 Å². The molecule has 0 aliphatic heterocycles. The first-order valence-electron chi connectivity index (χ1n) is 8.06. The van der Waals surface area contributed by atoms with Crippen LogP contribution in [0.15, 0.2) is 5.16 Å². The van der Waals surface area contributed by atoms with Gasteiger partial charge >= 0.3 is 0 Å². The predicted molar refractivity (Wildman–Crippen MR) is 88.8 cm³/mol. The van der Waals surface area contributed by atoms with Gasteiger partial charge in [-0.15, -0.1) is 10.2 Å². The second kappa shape index (κ2) is 8.33. The lowest BCUT2D eigenvalue weighted by atomic mass is 9.86. The molecule has 0 unspecified atom stereocenters. The van der Waals surface area contributed by atoms with E-state index in [0.29, 0.717) is 35.1 Å². The average molecular weight is 339 g/mol. The number of nitrogens with zero attached hydrogens (tertiary/aromatic N) is 3. The number of nitrogens with two attached hydrogens (primary N) is 1. The summed E-state index contributed by atoms with van der Waals surface area (Å²) >= 11 is 1.36. The van der Waals surface area contributed by atoms with Gasteiger partial charge in [-0.05, 0) is 18.8 Å². The summed E-state index contributed by atoms with van der Waals surface area (Å²) in [7, 11) is 1.83. The standard InChI is InChI=1S/C15H25N5O2S/c1-10-5-3-4-6-11(10)17-14(22)9-23-15-19-18-13(20(15)2)8-7-12(16)21/h10-11H,3-9H2,1-2H3,(H2,16,21)(H,17,22)/t10-,11+/m0/s1. The fourth-order valence-electron chi connectivity index (χ4n) is 2.83. The van der Waals surface area contributed by atoms with Gasteiger partial charge in [-0.25, -0.2) is 0 Å². The average Bonchev–Trinajstić information content (AvgIpc) is 2.86. The van der Waals surface area contributed by atoms with E-state index in [1.807, 2.05) is 11.6 Å². The molecule has 0 bridgehead atoms. The molecule has 8 heteroatoms. The molecule has 3 N–H and O–H groups in total. The lowest BCUT2D eigenvalue weighted by molar-refractivity contribution is -0.120. The van der Waals surface area contributed by atoms with Crippen molar-refractivity contribution in [3.8, 4) is 0 Å². The molecule has 7 nitrogen and oxygen atoms in total. The fourth-order valence-corrected chi connectivity index (χ4v) is 3.57. The normalized spacial score (nSPS) is 21.1. The molecule has 2 amide bonds. The summed E-state index contributed by atoms with van der Waals surface area (Å²) < 4.78 is 1.81. The Morgan fingerprint density at radius 1 is 1.35 bits per heavy atom. The molecular weight excluding hydrogens is 314 g/mol. The zero-order valence-corrected chi connectivity index (χ0v) is 14.6. The van der Waals surface area contributed by atoms with Crippen molar-refractivity contribution >= 4 is 23.6 Å². The van der Waals surface area contributed by atoms with Crippen LogP contribution < -0.4 is 11.1 Å². The summed E-state index contributed by atoms with van der Waals surface area (Å²) in [5.41, 5.74) is 5.14. The summed E-state index contributed by atoms with van der Waals surface area (Å²) in [5, 5.41) is 11.9. The Hall–Kier alpha value is -1.57. The molecule has 1 fully saturated rings. The highest BCUT2D eigenvalue weighted by molar-refractivity contribution is 7.99. The Morgan fingerprint density at radius 3 is 2.78 bits per heavy atom. The van der Waals surface area contributed by atoms with Gasteiger partial charge in [0.25, 0.3) is 0 Å². The number of aryl methyl sites for hydroxylation is 1. The Balaban J connectivity index is 1.81. The van der Waals surface area contributed by atoms with Crippen LogP contribution >= 0.6 is 11.8 Å². The zero-order valence-electron chi connectivity index (χ0n) is 13.7. The van der Waals surface area contributed by atoms with Gasteiger partial charge in [0.15, 0.2) is 5.16 Å². The minimum Gasteiger partial charge on any atom is -0.370 e. The van der Waals surface area contributed by atoms with Crippen LogP contribution in [0.2, 0.25) is 0 Å². The maximum atomic E-state index is 12.1. The van der Waals surface area contributed by atoms with Gasteiger partial charge in [0.1, 0.15) is 5.82 Å². The third-order valence-electron chi connectivity index (χ3n) is 4.31. The van der Waals surface area contributed by atoms with E-state index in [0.717, 1.165) is 6.42 Å². The molecule has 2 rings (SSSR count). The number of hydrogen-bond donors (Lipinski definition) is 2. The van der Waals surface area contributed by atoms with Gasteiger partial charge in [-0.1, -0.05) is 31.5 Å². The van der Waals surface area contributed by atoms with Crippen LogP contribution in [0.1, 0.15) is 44.9 Å². The number of amides is 2. The van der Waals surface area contributed by atoms with Crippen molar-refractivity contribution in [2.75, 3.05) is 5.75 Å². The van der Waals surface area contributed by atoms with Gasteiger partial charge < -0.3 is 15.6 Å². The van der Waals surface area contributed by atoms with Crippen LogP contribution in [-0.2, 0) is 23.1 Å². The fraction of sp³-hybridized carbons (Fsp3) is 0.733. The van der Waals surface area contributed by atoms with Crippen molar-refractivity contribution in [1.82, 2.24) is 20.1 Å². The molecule has 128 valence electrons. The van der Waals surface area contributed by atoms with Crippen molar-refractivity contribution < 1.29 is 9.59 Å². The third kappa shape index (κ3) is 5.23. The number of thioether (sulfide) groups is 1. The first kappa shape index (κ1) is 17.8. The summed E-state index contributed by atoms with van der Waals surface area (Å²) in [6.07, 6.45) is 5.41. The molecule has 0 saturated heterocycles. The second-order valence-corrected chi connectivity index (χ2v) is 7.09. The minimum atomic E-state index is -0.358. The van der Waals surface area contributed by atoms with E-state index in [1.54, 1.807) is 0 Å². The molecule has 1 heterocycles. The summed E-state index contributed by atoms with van der Waals surface area (Å²) in [5.74, 6) is 1.25. The second-order valence-electron chi connectivity index (χ2n) is 6.15. The molecule has 1 aliphatic rings. The van der Waals surface area contributed by atoms with Crippen LogP contribution in [-0.4, -0.2) is 38.4 Å². The molecular formula is C15H25N5O2S. The Bertz CT molecular complexity index is 560. The highest BCUT2D eigenvalue weighted by atomic mass is 32.2. The first-order chi connectivity index (χ1) is 11.0. The highest BCUT2D eigenvalue weighted by Crippen LogP contribution is 2.24. The summed E-state index contributed by atoms with van der Waals surface area (Å²) in [6.45, 7) is 2.20. The molecule has 0 aromatic carbocycles. The van der Waals surface area contributed by atoms with Crippen LogP contribution in [0.25, 0.3) is 0 Å². The number of primary amides is 1. The van der Waals surface area contributed by atoms with Crippen LogP contribution in [0.5, 0.6) is 0 Å². The largest absolute Gasteiger partial charge is 0.370 e. The number of rotatable bonds is 7. The van der Waals surface area contributed by atoms with E-state index >= 15 is 0 Å². The number of carbonyl (C=O) groups excluding carboxylic acids is 2. The maximum Gasteiger partial charge on any atom is 0.230 e. The Labute approximate surface area is 140 Å². The number of nitrogens with one attached hydrogen (secondary N) is 1. The number of aromatic nitrogens is 3. The smallest absolute Gasteiger partial charge is 0.230 e. The van der Waals surface area contributed by atoms with Gasteiger partial charge in [0, 0.05) is 25.9 Å². The van der Waals surface area contributed by atoms with Crippen molar-refractivity contribution in [1.29, 1.82) is 0 Å². The van der Waals surface area contributed by atoms with Crippen molar-refractivity contribution in [2.24, 2.45) is 18.7 Å². The van der Waals surface area contributed by atoms with Crippen LogP contribution in [0.4, 0.5) is 0 Å². The molecule has 23 heavy (non-hydrogen) atoms. The first-order valence-corrected chi connectivity index (χ1v) is 9.04. The van der Waals surface area contributed by atoms with Gasteiger partial charge in [-0.2, -0.15) is 0 Å². The number of carbonyl (C=O) groups is 2. The molecule has 0 radical (unpaired) electrons. The monoisotopic (exact) mass is 339 g/mol. The van der Waals surface area contributed by atoms with Gasteiger partial charge in [0.2, 0.25) is 11.8 Å². The van der Waals surface area contributed by atoms with E-state index in [1.165, 1.54) is 31.0 Å². The molecule has 1 aromatic rings.